The van der Waals surface area contributed by atoms with Crippen LogP contribution in [0, 0.1) is 6.92 Å². The highest BCUT2D eigenvalue weighted by Crippen LogP contribution is 2.20. The van der Waals surface area contributed by atoms with Gasteiger partial charge in [0, 0.05) is 12.1 Å². The normalized spacial score (nSPS) is 11.2. The number of halogens is 3. The zero-order chi connectivity index (χ0) is 17.6. The largest absolute Gasteiger partial charge is 0.484 e. The van der Waals surface area contributed by atoms with Crippen molar-refractivity contribution >= 4 is 11.6 Å². The van der Waals surface area contributed by atoms with Crippen LogP contribution in [0.15, 0.2) is 48.5 Å². The van der Waals surface area contributed by atoms with E-state index in [-0.39, 0.29) is 11.7 Å². The summed E-state index contributed by atoms with van der Waals surface area (Å²) in [6.07, 6.45) is -3.42. The maximum absolute atomic E-state index is 12.1. The number of amides is 1. The number of alkyl halides is 3. The van der Waals surface area contributed by atoms with Gasteiger partial charge in [-0.3, -0.25) is 4.79 Å². The van der Waals surface area contributed by atoms with Gasteiger partial charge >= 0.3 is 6.18 Å². The highest BCUT2D eigenvalue weighted by atomic mass is 19.4. The van der Waals surface area contributed by atoms with Gasteiger partial charge in [-0.2, -0.15) is 13.2 Å². The predicted octanol–water partition coefficient (Wildman–Crippen LogP) is 4.51. The number of ether oxygens (including phenoxy) is 1. The van der Waals surface area contributed by atoms with Gasteiger partial charge in [-0.05, 0) is 43.2 Å². The Kier molecular flexibility index (Phi) is 5.84. The van der Waals surface area contributed by atoms with Gasteiger partial charge in [0.15, 0.2) is 6.61 Å². The van der Waals surface area contributed by atoms with Gasteiger partial charge in [-0.1, -0.05) is 29.8 Å². The van der Waals surface area contributed by atoms with Crippen molar-refractivity contribution in [2.75, 3.05) is 11.9 Å². The van der Waals surface area contributed by atoms with Crippen molar-refractivity contribution in [2.24, 2.45) is 0 Å². The Morgan fingerprint density at radius 2 is 1.67 bits per heavy atom. The molecule has 0 aromatic heterocycles. The van der Waals surface area contributed by atoms with Crippen molar-refractivity contribution in [3.8, 4) is 5.75 Å². The minimum Gasteiger partial charge on any atom is -0.484 e. The van der Waals surface area contributed by atoms with Crippen LogP contribution >= 0.6 is 0 Å². The molecule has 0 bridgehead atoms. The third-order valence-corrected chi connectivity index (χ3v) is 3.30. The summed E-state index contributed by atoms with van der Waals surface area (Å²) in [6, 6.07) is 13.7. The molecular weight excluding hydrogens is 319 g/mol. The predicted molar refractivity (Wildman–Crippen MR) is 86.1 cm³/mol. The summed E-state index contributed by atoms with van der Waals surface area (Å²) >= 11 is 0. The second-order valence-corrected chi connectivity index (χ2v) is 5.46. The van der Waals surface area contributed by atoms with Crippen molar-refractivity contribution in [3.05, 3.63) is 59.7 Å². The number of carbonyl (C=O) groups is 1. The summed E-state index contributed by atoms with van der Waals surface area (Å²) in [5, 5.41) is 2.71. The molecule has 0 aliphatic rings. The van der Waals surface area contributed by atoms with Crippen LogP contribution in [-0.4, -0.2) is 18.7 Å². The van der Waals surface area contributed by atoms with E-state index in [4.69, 9.17) is 0 Å². The Labute approximate surface area is 138 Å². The third kappa shape index (κ3) is 6.32. The van der Waals surface area contributed by atoms with E-state index in [0.29, 0.717) is 18.5 Å². The van der Waals surface area contributed by atoms with Crippen LogP contribution in [0.5, 0.6) is 5.75 Å². The number of rotatable bonds is 6. The van der Waals surface area contributed by atoms with Gasteiger partial charge in [-0.25, -0.2) is 0 Å². The first-order chi connectivity index (χ1) is 11.3. The third-order valence-electron chi connectivity index (χ3n) is 3.30. The molecule has 2 rings (SSSR count). The standard InChI is InChI=1S/C18H18F3NO2/c1-13-2-4-14(5-3-13)6-11-17(23)22-15-7-9-16(10-8-15)24-12-18(19,20)21/h2-5,7-10H,6,11-12H2,1H3,(H,22,23). The maximum Gasteiger partial charge on any atom is 0.422 e. The smallest absolute Gasteiger partial charge is 0.422 e. The van der Waals surface area contributed by atoms with Crippen LogP contribution in [0.1, 0.15) is 17.5 Å². The minimum atomic E-state index is -4.37. The fourth-order valence-electron chi connectivity index (χ4n) is 2.04. The molecule has 1 amide bonds. The lowest BCUT2D eigenvalue weighted by Crippen LogP contribution is -2.19. The average molecular weight is 337 g/mol. The number of carbonyl (C=O) groups excluding carboxylic acids is 1. The first-order valence-electron chi connectivity index (χ1n) is 7.47. The van der Waals surface area contributed by atoms with Gasteiger partial charge in [0.05, 0.1) is 0 Å². The molecule has 1 N–H and O–H groups in total. The molecule has 0 unspecified atom stereocenters. The second kappa shape index (κ2) is 7.86. The Morgan fingerprint density at radius 3 is 2.25 bits per heavy atom. The van der Waals surface area contributed by atoms with Crippen molar-refractivity contribution in [2.45, 2.75) is 25.9 Å². The van der Waals surface area contributed by atoms with Gasteiger partial charge in [0.1, 0.15) is 5.75 Å². The lowest BCUT2D eigenvalue weighted by molar-refractivity contribution is -0.153. The number of hydrogen-bond donors (Lipinski definition) is 1. The molecule has 0 saturated carbocycles. The van der Waals surface area contributed by atoms with E-state index < -0.39 is 12.8 Å². The number of anilines is 1. The number of aryl methyl sites for hydroxylation is 2. The van der Waals surface area contributed by atoms with Gasteiger partial charge in [0.25, 0.3) is 0 Å². The van der Waals surface area contributed by atoms with E-state index in [2.05, 4.69) is 10.1 Å². The second-order valence-electron chi connectivity index (χ2n) is 5.46. The SMILES string of the molecule is Cc1ccc(CCC(=O)Nc2ccc(OCC(F)(F)F)cc2)cc1. The Bertz CT molecular complexity index is 664. The zero-order valence-corrected chi connectivity index (χ0v) is 13.2. The van der Waals surface area contributed by atoms with Crippen molar-refractivity contribution < 1.29 is 22.7 Å². The molecule has 0 heterocycles. The molecule has 0 atom stereocenters. The summed E-state index contributed by atoms with van der Waals surface area (Å²) in [5.41, 5.74) is 2.76. The summed E-state index contributed by atoms with van der Waals surface area (Å²) in [7, 11) is 0. The summed E-state index contributed by atoms with van der Waals surface area (Å²) < 4.78 is 40.8. The first-order valence-corrected chi connectivity index (χ1v) is 7.47. The van der Waals surface area contributed by atoms with Crippen molar-refractivity contribution in [3.63, 3.8) is 0 Å². The topological polar surface area (TPSA) is 38.3 Å². The molecule has 0 spiro atoms. The molecule has 0 aliphatic carbocycles. The van der Waals surface area contributed by atoms with Gasteiger partial charge in [-0.15, -0.1) is 0 Å². The molecule has 6 heteroatoms. The molecule has 0 fully saturated rings. The van der Waals surface area contributed by atoms with Crippen molar-refractivity contribution in [1.82, 2.24) is 0 Å². The average Bonchev–Trinajstić information content (AvgIpc) is 2.53. The Balaban J connectivity index is 1.80. The number of hydrogen-bond acceptors (Lipinski definition) is 2. The monoisotopic (exact) mass is 337 g/mol. The summed E-state index contributed by atoms with van der Waals surface area (Å²) in [4.78, 5) is 11.9. The number of nitrogens with one attached hydrogen (secondary N) is 1. The lowest BCUT2D eigenvalue weighted by atomic mass is 10.1. The molecule has 2 aromatic rings. The maximum atomic E-state index is 12.1. The zero-order valence-electron chi connectivity index (χ0n) is 13.2. The fourth-order valence-corrected chi connectivity index (χ4v) is 2.04. The molecule has 3 nitrogen and oxygen atoms in total. The molecular formula is C18H18F3NO2. The van der Waals surface area contributed by atoms with Crippen LogP contribution in [0.25, 0.3) is 0 Å². The van der Waals surface area contributed by atoms with E-state index in [0.717, 1.165) is 11.1 Å². The summed E-state index contributed by atoms with van der Waals surface area (Å²) in [5.74, 6) is -0.0514. The van der Waals surface area contributed by atoms with Gasteiger partial charge < -0.3 is 10.1 Å². The molecule has 128 valence electrons. The van der Waals surface area contributed by atoms with Crippen LogP contribution in [0.4, 0.5) is 18.9 Å². The van der Waals surface area contributed by atoms with E-state index in [1.165, 1.54) is 24.3 Å². The van der Waals surface area contributed by atoms with Crippen LogP contribution < -0.4 is 10.1 Å². The van der Waals surface area contributed by atoms with E-state index in [1.54, 1.807) is 0 Å². The van der Waals surface area contributed by atoms with E-state index in [1.807, 2.05) is 31.2 Å². The lowest BCUT2D eigenvalue weighted by Gasteiger charge is -2.10. The van der Waals surface area contributed by atoms with Crippen molar-refractivity contribution in [1.29, 1.82) is 0 Å². The molecule has 0 saturated heterocycles. The Morgan fingerprint density at radius 1 is 1.04 bits per heavy atom. The molecule has 0 aliphatic heterocycles. The summed E-state index contributed by atoms with van der Waals surface area (Å²) in [6.45, 7) is 0.661. The first kappa shape index (κ1) is 17.8. The van der Waals surface area contributed by atoms with E-state index >= 15 is 0 Å². The van der Waals surface area contributed by atoms with E-state index in [9.17, 15) is 18.0 Å². The van der Waals surface area contributed by atoms with Crippen LogP contribution in [0.2, 0.25) is 0 Å². The highest BCUT2D eigenvalue weighted by Gasteiger charge is 2.28. The Hall–Kier alpha value is -2.50. The number of benzene rings is 2. The minimum absolute atomic E-state index is 0.102. The highest BCUT2D eigenvalue weighted by molar-refractivity contribution is 5.90. The molecule has 2 aromatic carbocycles. The fraction of sp³-hybridized carbons (Fsp3) is 0.278. The van der Waals surface area contributed by atoms with Gasteiger partial charge in [0.2, 0.25) is 5.91 Å². The van der Waals surface area contributed by atoms with Crippen LogP contribution in [-0.2, 0) is 11.2 Å². The van der Waals surface area contributed by atoms with Crippen LogP contribution in [0.3, 0.4) is 0 Å². The quantitative estimate of drug-likeness (QED) is 0.842. The molecule has 0 radical (unpaired) electrons. The molecule has 24 heavy (non-hydrogen) atoms.